The van der Waals surface area contributed by atoms with Gasteiger partial charge in [0.05, 0.1) is 6.10 Å². The number of hydrogen-bond acceptors (Lipinski definition) is 4. The Balaban J connectivity index is 2.17. The average molecular weight is 230 g/mol. The second kappa shape index (κ2) is 3.67. The van der Waals surface area contributed by atoms with Crippen molar-refractivity contribution in [2.75, 3.05) is 0 Å². The van der Waals surface area contributed by atoms with Crippen molar-refractivity contribution < 1.29 is 19.3 Å². The van der Waals surface area contributed by atoms with Gasteiger partial charge in [-0.1, -0.05) is 20.3 Å². The zero-order valence-electron chi connectivity index (χ0n) is 10.7. The molecular formula is C12H22O4. The van der Waals surface area contributed by atoms with E-state index >= 15 is 0 Å². The van der Waals surface area contributed by atoms with E-state index in [2.05, 4.69) is 13.8 Å². The number of rotatable bonds is 2. The Bertz CT molecular complexity index is 274. The largest absolute Gasteiger partial charge is 0.385 e. The Labute approximate surface area is 96.9 Å². The van der Waals surface area contributed by atoms with Crippen molar-refractivity contribution in [3.05, 3.63) is 0 Å². The molecule has 2 saturated heterocycles. The zero-order valence-corrected chi connectivity index (χ0v) is 10.7. The summed E-state index contributed by atoms with van der Waals surface area (Å²) in [5, 5.41) is 10.5. The Morgan fingerprint density at radius 2 is 1.88 bits per heavy atom. The topological polar surface area (TPSA) is 47.9 Å². The van der Waals surface area contributed by atoms with Crippen molar-refractivity contribution in [1.29, 1.82) is 0 Å². The first-order valence-electron chi connectivity index (χ1n) is 6.01. The molecule has 2 aliphatic rings. The van der Waals surface area contributed by atoms with Gasteiger partial charge < -0.3 is 19.3 Å². The number of hydrogen-bond donors (Lipinski definition) is 1. The summed E-state index contributed by atoms with van der Waals surface area (Å²) in [7, 11) is 0. The molecule has 0 aromatic carbocycles. The molecule has 0 aliphatic carbocycles. The summed E-state index contributed by atoms with van der Waals surface area (Å²) in [6.07, 6.45) is -0.0852. The van der Waals surface area contributed by atoms with Crippen molar-refractivity contribution in [2.45, 2.75) is 70.9 Å². The summed E-state index contributed by atoms with van der Waals surface area (Å²) in [6, 6.07) is 0. The van der Waals surface area contributed by atoms with Crippen LogP contribution in [0.3, 0.4) is 0 Å². The van der Waals surface area contributed by atoms with Crippen LogP contribution in [0.25, 0.3) is 0 Å². The molecule has 4 nitrogen and oxygen atoms in total. The minimum absolute atomic E-state index is 0.219. The van der Waals surface area contributed by atoms with Crippen LogP contribution >= 0.6 is 0 Å². The standard InChI is InChI=1S/C12H22O4/c1-6-7(2)8-12(5,13)9-10(14-8)16-11(3,4)15-9/h7-10,13H,6H2,1-5H3/t7-,8-,9+,10-,12-/m1/s1. The molecule has 94 valence electrons. The van der Waals surface area contributed by atoms with Crippen LogP contribution in [0.4, 0.5) is 0 Å². The minimum atomic E-state index is -0.978. The molecule has 0 spiro atoms. The molecule has 16 heavy (non-hydrogen) atoms. The van der Waals surface area contributed by atoms with Crippen LogP contribution in [-0.4, -0.2) is 35.0 Å². The Morgan fingerprint density at radius 3 is 2.38 bits per heavy atom. The van der Waals surface area contributed by atoms with E-state index in [1.165, 1.54) is 0 Å². The van der Waals surface area contributed by atoms with E-state index in [1.807, 2.05) is 13.8 Å². The third-order valence-corrected chi connectivity index (χ3v) is 3.65. The fraction of sp³-hybridized carbons (Fsp3) is 1.00. The molecule has 4 heteroatoms. The fourth-order valence-electron chi connectivity index (χ4n) is 2.59. The predicted molar refractivity (Wildman–Crippen MR) is 58.8 cm³/mol. The monoisotopic (exact) mass is 230 g/mol. The Morgan fingerprint density at radius 1 is 1.25 bits per heavy atom. The summed E-state index contributed by atoms with van der Waals surface area (Å²) in [5.74, 6) is -0.379. The maximum absolute atomic E-state index is 10.5. The SMILES string of the molecule is CC[C@@H](C)[C@H]1O[C@@H]2OC(C)(C)O[C@@H]2[C@]1(C)O. The lowest BCUT2D eigenvalue weighted by atomic mass is 9.86. The van der Waals surface area contributed by atoms with Crippen molar-refractivity contribution in [2.24, 2.45) is 5.92 Å². The van der Waals surface area contributed by atoms with Crippen LogP contribution in [0.15, 0.2) is 0 Å². The third kappa shape index (κ3) is 1.78. The van der Waals surface area contributed by atoms with Gasteiger partial charge in [-0.05, 0) is 26.7 Å². The van der Waals surface area contributed by atoms with Crippen LogP contribution in [0.5, 0.6) is 0 Å². The molecule has 2 rings (SSSR count). The second-order valence-corrected chi connectivity index (χ2v) is 5.59. The zero-order chi connectivity index (χ0) is 12.1. The summed E-state index contributed by atoms with van der Waals surface area (Å²) >= 11 is 0. The van der Waals surface area contributed by atoms with Gasteiger partial charge in [0.25, 0.3) is 0 Å². The number of fused-ring (bicyclic) bond motifs is 1. The summed E-state index contributed by atoms with van der Waals surface area (Å²) in [6.45, 7) is 9.61. The molecule has 0 saturated carbocycles. The van der Waals surface area contributed by atoms with E-state index in [0.717, 1.165) is 6.42 Å². The van der Waals surface area contributed by atoms with Gasteiger partial charge in [0.1, 0.15) is 11.7 Å². The van der Waals surface area contributed by atoms with Gasteiger partial charge in [-0.15, -0.1) is 0 Å². The minimum Gasteiger partial charge on any atom is -0.385 e. The normalized spacial score (nSPS) is 48.0. The molecule has 0 radical (unpaired) electrons. The van der Waals surface area contributed by atoms with E-state index in [4.69, 9.17) is 14.2 Å². The van der Waals surface area contributed by atoms with Gasteiger partial charge in [0.15, 0.2) is 12.1 Å². The maximum atomic E-state index is 10.5. The van der Waals surface area contributed by atoms with Crippen LogP contribution in [0.2, 0.25) is 0 Å². The quantitative estimate of drug-likeness (QED) is 0.783. The molecule has 2 fully saturated rings. The van der Waals surface area contributed by atoms with Gasteiger partial charge in [-0.2, -0.15) is 0 Å². The lowest BCUT2D eigenvalue weighted by Crippen LogP contribution is -2.48. The first-order valence-corrected chi connectivity index (χ1v) is 6.01. The third-order valence-electron chi connectivity index (χ3n) is 3.65. The number of aliphatic hydroxyl groups is 1. The summed E-state index contributed by atoms with van der Waals surface area (Å²) in [5.41, 5.74) is -0.978. The van der Waals surface area contributed by atoms with Crippen molar-refractivity contribution in [3.63, 3.8) is 0 Å². The van der Waals surface area contributed by atoms with Gasteiger partial charge >= 0.3 is 0 Å². The Kier molecular flexibility index (Phi) is 2.82. The summed E-state index contributed by atoms with van der Waals surface area (Å²) in [4.78, 5) is 0. The molecule has 5 atom stereocenters. The van der Waals surface area contributed by atoms with E-state index in [9.17, 15) is 5.11 Å². The molecule has 0 unspecified atom stereocenters. The predicted octanol–water partition coefficient (Wildman–Crippen LogP) is 1.66. The highest BCUT2D eigenvalue weighted by Gasteiger charge is 2.61. The first kappa shape index (κ1) is 12.3. The second-order valence-electron chi connectivity index (χ2n) is 5.59. The smallest absolute Gasteiger partial charge is 0.190 e. The van der Waals surface area contributed by atoms with E-state index in [-0.39, 0.29) is 18.1 Å². The lowest BCUT2D eigenvalue weighted by molar-refractivity contribution is -0.233. The molecule has 0 bridgehead atoms. The van der Waals surface area contributed by atoms with Crippen LogP contribution in [0, 0.1) is 5.92 Å². The van der Waals surface area contributed by atoms with E-state index in [0.29, 0.717) is 0 Å². The lowest BCUT2D eigenvalue weighted by Gasteiger charge is -2.33. The molecule has 0 aromatic heterocycles. The van der Waals surface area contributed by atoms with E-state index < -0.39 is 17.7 Å². The van der Waals surface area contributed by atoms with Crippen molar-refractivity contribution >= 4 is 0 Å². The summed E-state index contributed by atoms with van der Waals surface area (Å²) < 4.78 is 17.1. The van der Waals surface area contributed by atoms with E-state index in [1.54, 1.807) is 6.92 Å². The molecule has 2 heterocycles. The van der Waals surface area contributed by atoms with Gasteiger partial charge in [0, 0.05) is 0 Å². The van der Waals surface area contributed by atoms with Gasteiger partial charge in [-0.3, -0.25) is 0 Å². The van der Waals surface area contributed by atoms with Gasteiger partial charge in [-0.25, -0.2) is 0 Å². The van der Waals surface area contributed by atoms with Crippen LogP contribution in [-0.2, 0) is 14.2 Å². The first-order chi connectivity index (χ1) is 7.28. The highest BCUT2D eigenvalue weighted by atomic mass is 16.8. The molecule has 2 aliphatic heterocycles. The fourth-order valence-corrected chi connectivity index (χ4v) is 2.59. The highest BCUT2D eigenvalue weighted by Crippen LogP contribution is 2.45. The average Bonchev–Trinajstić information content (AvgIpc) is 2.59. The highest BCUT2D eigenvalue weighted by molar-refractivity contribution is 5.03. The van der Waals surface area contributed by atoms with Gasteiger partial charge in [0.2, 0.25) is 0 Å². The molecule has 0 amide bonds. The van der Waals surface area contributed by atoms with Crippen LogP contribution < -0.4 is 0 Å². The molecule has 1 N–H and O–H groups in total. The van der Waals surface area contributed by atoms with Crippen molar-refractivity contribution in [1.82, 2.24) is 0 Å². The number of ether oxygens (including phenoxy) is 3. The molecular weight excluding hydrogens is 208 g/mol. The Hall–Kier alpha value is -0.160. The van der Waals surface area contributed by atoms with Crippen molar-refractivity contribution in [3.8, 4) is 0 Å². The maximum Gasteiger partial charge on any atom is 0.190 e. The molecule has 0 aromatic rings. The van der Waals surface area contributed by atoms with Crippen LogP contribution in [0.1, 0.15) is 41.0 Å².